The van der Waals surface area contributed by atoms with Crippen molar-refractivity contribution in [2.45, 2.75) is 24.0 Å². The molecule has 2 nitrogen and oxygen atoms in total. The van der Waals surface area contributed by atoms with Crippen LogP contribution in [0.5, 0.6) is 0 Å². The maximum Gasteiger partial charge on any atom is 0.178 e. The first kappa shape index (κ1) is 15.5. The van der Waals surface area contributed by atoms with E-state index in [2.05, 4.69) is 0 Å². The summed E-state index contributed by atoms with van der Waals surface area (Å²) in [5.41, 5.74) is 1.40. The van der Waals surface area contributed by atoms with E-state index < -0.39 is 27.7 Å². The summed E-state index contributed by atoms with van der Waals surface area (Å²) in [7, 11) is -1.95. The molecule has 0 aliphatic rings. The highest BCUT2D eigenvalue weighted by Gasteiger charge is 2.25. The normalized spacial score (nSPS) is 13.7. The lowest BCUT2D eigenvalue weighted by molar-refractivity contribution is 0.0992. The Morgan fingerprint density at radius 2 is 1.71 bits per heavy atom. The van der Waals surface area contributed by atoms with Gasteiger partial charge >= 0.3 is 0 Å². The summed E-state index contributed by atoms with van der Waals surface area (Å²) in [5, 5.41) is -0.955. The zero-order valence-corrected chi connectivity index (χ0v) is 12.4. The maximum atomic E-state index is 13.6. The molecule has 110 valence electrons. The van der Waals surface area contributed by atoms with Gasteiger partial charge in [0.05, 0.1) is 20.9 Å². The number of rotatable bonds is 4. The molecule has 0 saturated carbocycles. The molecule has 0 fully saturated rings. The van der Waals surface area contributed by atoms with Crippen molar-refractivity contribution in [2.24, 2.45) is 0 Å². The van der Waals surface area contributed by atoms with Gasteiger partial charge in [0.2, 0.25) is 0 Å². The van der Waals surface area contributed by atoms with Crippen molar-refractivity contribution in [3.05, 3.63) is 65.2 Å². The third-order valence-electron chi connectivity index (χ3n) is 3.14. The number of carbonyl (C=O) groups is 1. The van der Waals surface area contributed by atoms with E-state index in [1.165, 1.54) is 6.92 Å². The van der Waals surface area contributed by atoms with Crippen LogP contribution in [0, 0.1) is 18.6 Å². The molecule has 0 bridgehead atoms. The third kappa shape index (κ3) is 3.42. The Morgan fingerprint density at radius 1 is 1.10 bits per heavy atom. The van der Waals surface area contributed by atoms with Crippen molar-refractivity contribution in [3.63, 3.8) is 0 Å². The Hall–Kier alpha value is -1.88. The number of hydrogen-bond acceptors (Lipinski definition) is 2. The van der Waals surface area contributed by atoms with Crippen LogP contribution in [0.15, 0.2) is 47.4 Å². The molecule has 0 radical (unpaired) electrons. The highest BCUT2D eigenvalue weighted by atomic mass is 32.2. The average Bonchev–Trinajstić information content (AvgIpc) is 2.48. The zero-order chi connectivity index (χ0) is 15.6. The maximum absolute atomic E-state index is 13.6. The summed E-state index contributed by atoms with van der Waals surface area (Å²) < 4.78 is 39.1. The Balaban J connectivity index is 2.28. The largest absolute Gasteiger partial charge is 0.293 e. The summed E-state index contributed by atoms with van der Waals surface area (Å²) in [6, 6.07) is 9.52. The lowest BCUT2D eigenvalue weighted by Crippen LogP contribution is -2.23. The molecular formula is C16H14F2O2S. The van der Waals surface area contributed by atoms with Crippen molar-refractivity contribution in [3.8, 4) is 0 Å². The number of carbonyl (C=O) groups excluding carboxylic acids is 1. The standard InChI is InChI=1S/C16H14F2O2S/c1-10-3-5-12(6-4-10)16(19)11(2)21(20)15-9-13(17)7-8-14(15)18/h3-9,11H,1-2H3. The minimum Gasteiger partial charge on any atom is -0.293 e. The van der Waals surface area contributed by atoms with Gasteiger partial charge in [0.25, 0.3) is 0 Å². The molecule has 0 amide bonds. The number of hydrogen-bond donors (Lipinski definition) is 0. The van der Waals surface area contributed by atoms with Crippen molar-refractivity contribution < 1.29 is 17.8 Å². The van der Waals surface area contributed by atoms with Crippen molar-refractivity contribution in [2.75, 3.05) is 0 Å². The van der Waals surface area contributed by atoms with Gasteiger partial charge in [-0.15, -0.1) is 0 Å². The molecular weight excluding hydrogens is 294 g/mol. The summed E-state index contributed by atoms with van der Waals surface area (Å²) in [5.74, 6) is -1.83. The number of aryl methyl sites for hydroxylation is 1. The highest BCUT2D eigenvalue weighted by Crippen LogP contribution is 2.19. The average molecular weight is 308 g/mol. The molecule has 2 aromatic rings. The topological polar surface area (TPSA) is 34.1 Å². The van der Waals surface area contributed by atoms with Crippen LogP contribution < -0.4 is 0 Å². The van der Waals surface area contributed by atoms with E-state index in [4.69, 9.17) is 0 Å². The predicted octanol–water partition coefficient (Wildman–Crippen LogP) is 3.65. The lowest BCUT2D eigenvalue weighted by atomic mass is 10.1. The summed E-state index contributed by atoms with van der Waals surface area (Å²) in [6.07, 6.45) is 0. The minimum atomic E-state index is -1.95. The van der Waals surface area contributed by atoms with Crippen LogP contribution in [0.3, 0.4) is 0 Å². The molecule has 0 spiro atoms. The fourth-order valence-electron chi connectivity index (χ4n) is 1.87. The van der Waals surface area contributed by atoms with Crippen molar-refractivity contribution >= 4 is 16.6 Å². The summed E-state index contributed by atoms with van der Waals surface area (Å²) in [4.78, 5) is 12.0. The van der Waals surface area contributed by atoms with Gasteiger partial charge in [-0.05, 0) is 32.0 Å². The van der Waals surface area contributed by atoms with Gasteiger partial charge in [0.15, 0.2) is 5.78 Å². The van der Waals surface area contributed by atoms with Crippen LogP contribution in [-0.2, 0) is 10.8 Å². The molecule has 2 unspecified atom stereocenters. The predicted molar refractivity (Wildman–Crippen MR) is 77.7 cm³/mol. The third-order valence-corrected chi connectivity index (χ3v) is 4.74. The van der Waals surface area contributed by atoms with E-state index in [-0.39, 0.29) is 10.7 Å². The van der Waals surface area contributed by atoms with Gasteiger partial charge in [-0.3, -0.25) is 9.00 Å². The van der Waals surface area contributed by atoms with E-state index in [1.807, 2.05) is 6.92 Å². The molecule has 5 heteroatoms. The molecule has 0 aliphatic heterocycles. The van der Waals surface area contributed by atoms with E-state index in [1.54, 1.807) is 24.3 Å². The Morgan fingerprint density at radius 3 is 2.33 bits per heavy atom. The number of ketones is 1. The Kier molecular flexibility index (Phi) is 4.63. The van der Waals surface area contributed by atoms with Crippen LogP contribution in [0.1, 0.15) is 22.8 Å². The van der Waals surface area contributed by atoms with Crippen molar-refractivity contribution in [1.82, 2.24) is 0 Å². The van der Waals surface area contributed by atoms with Crippen LogP contribution in [0.4, 0.5) is 8.78 Å². The first-order chi connectivity index (χ1) is 9.90. The van der Waals surface area contributed by atoms with E-state index in [0.717, 1.165) is 23.8 Å². The smallest absolute Gasteiger partial charge is 0.178 e. The monoisotopic (exact) mass is 308 g/mol. The molecule has 0 heterocycles. The molecule has 21 heavy (non-hydrogen) atoms. The number of Topliss-reactive ketones (excluding diaryl/α,β-unsaturated/α-hetero) is 1. The van der Waals surface area contributed by atoms with Gasteiger partial charge in [0.1, 0.15) is 11.6 Å². The van der Waals surface area contributed by atoms with Crippen LogP contribution in [0.25, 0.3) is 0 Å². The molecule has 0 N–H and O–H groups in total. The van der Waals surface area contributed by atoms with Crippen molar-refractivity contribution in [1.29, 1.82) is 0 Å². The summed E-state index contributed by atoms with van der Waals surface area (Å²) >= 11 is 0. The lowest BCUT2D eigenvalue weighted by Gasteiger charge is -2.11. The molecule has 2 atom stereocenters. The number of halogens is 2. The van der Waals surface area contributed by atoms with Crippen LogP contribution >= 0.6 is 0 Å². The fourth-order valence-corrected chi connectivity index (χ4v) is 3.07. The molecule has 0 saturated heterocycles. The molecule has 0 aromatic heterocycles. The van der Waals surface area contributed by atoms with Gasteiger partial charge < -0.3 is 0 Å². The minimum absolute atomic E-state index is 0.289. The molecule has 2 rings (SSSR count). The Labute approximate surface area is 124 Å². The molecule has 2 aromatic carbocycles. The SMILES string of the molecule is Cc1ccc(C(=O)C(C)S(=O)c2cc(F)ccc2F)cc1. The van der Waals surface area contributed by atoms with Crippen LogP contribution in [0.2, 0.25) is 0 Å². The first-order valence-electron chi connectivity index (χ1n) is 6.36. The Bertz CT molecular complexity index is 696. The van der Waals surface area contributed by atoms with E-state index in [9.17, 15) is 17.8 Å². The quantitative estimate of drug-likeness (QED) is 0.808. The second-order valence-electron chi connectivity index (χ2n) is 4.74. The van der Waals surface area contributed by atoms with E-state index in [0.29, 0.717) is 5.56 Å². The van der Waals surface area contributed by atoms with Gasteiger partial charge in [0, 0.05) is 5.56 Å². The van der Waals surface area contributed by atoms with Gasteiger partial charge in [-0.1, -0.05) is 29.8 Å². The fraction of sp³-hybridized carbons (Fsp3) is 0.188. The highest BCUT2D eigenvalue weighted by molar-refractivity contribution is 7.86. The number of benzene rings is 2. The van der Waals surface area contributed by atoms with E-state index >= 15 is 0 Å². The summed E-state index contributed by atoms with van der Waals surface area (Å²) in [6.45, 7) is 3.33. The van der Waals surface area contributed by atoms with Gasteiger partial charge in [-0.25, -0.2) is 8.78 Å². The van der Waals surface area contributed by atoms with Crippen LogP contribution in [-0.4, -0.2) is 15.2 Å². The first-order valence-corrected chi connectivity index (χ1v) is 7.58. The second kappa shape index (κ2) is 6.26. The zero-order valence-electron chi connectivity index (χ0n) is 11.6. The molecule has 0 aliphatic carbocycles. The second-order valence-corrected chi connectivity index (χ2v) is 6.49. The van der Waals surface area contributed by atoms with Gasteiger partial charge in [-0.2, -0.15) is 0 Å².